The Balaban J connectivity index is 2.22. The first-order valence-electron chi connectivity index (χ1n) is 4.40. The first-order valence-corrected chi connectivity index (χ1v) is 4.40. The summed E-state index contributed by atoms with van der Waals surface area (Å²) < 4.78 is 18.3. The first-order chi connectivity index (χ1) is 6.31. The highest BCUT2D eigenvalue weighted by Crippen LogP contribution is 2.29. The maximum absolute atomic E-state index is 13.5. The van der Waals surface area contributed by atoms with Gasteiger partial charge in [-0.05, 0) is 25.0 Å². The Hall–Kier alpha value is -1.25. The van der Waals surface area contributed by atoms with Gasteiger partial charge in [-0.3, -0.25) is 0 Å². The van der Waals surface area contributed by atoms with Crippen LogP contribution >= 0.6 is 0 Å². The third kappa shape index (κ3) is 1.74. The van der Waals surface area contributed by atoms with Crippen LogP contribution in [0.5, 0.6) is 5.75 Å². The minimum Gasteiger partial charge on any atom is -0.494 e. The van der Waals surface area contributed by atoms with E-state index in [1.807, 2.05) is 0 Å². The molecule has 0 amide bonds. The molecule has 1 fully saturated rings. The summed E-state index contributed by atoms with van der Waals surface area (Å²) in [5.74, 6) is 0.00236. The zero-order valence-corrected chi connectivity index (χ0v) is 7.51. The number of halogens is 1. The predicted octanol–water partition coefficient (Wildman–Crippen LogP) is 2.41. The molecule has 0 atom stereocenters. The number of ether oxygens (including phenoxy) is 1. The van der Waals surface area contributed by atoms with Crippen LogP contribution in [-0.2, 0) is 0 Å². The smallest absolute Gasteiger partial charge is 0.188 e. The molecule has 1 aromatic carbocycles. The van der Waals surface area contributed by atoms with Crippen molar-refractivity contribution >= 4 is 5.69 Å². The molecule has 0 spiro atoms. The number of hydrogen-bond acceptors (Lipinski definition) is 2. The van der Waals surface area contributed by atoms with Crippen LogP contribution in [0.1, 0.15) is 12.8 Å². The largest absolute Gasteiger partial charge is 0.494 e. The molecule has 0 saturated heterocycles. The van der Waals surface area contributed by atoms with E-state index in [1.54, 1.807) is 18.2 Å². The van der Waals surface area contributed by atoms with Crippen LogP contribution in [0.25, 0.3) is 0 Å². The fourth-order valence-electron chi connectivity index (χ4n) is 1.23. The second-order valence-corrected chi connectivity index (χ2v) is 3.24. The SMILES string of the molecule is COc1cccc(NC2CC2)c1F. The van der Waals surface area contributed by atoms with Gasteiger partial charge in [-0.25, -0.2) is 4.39 Å². The molecule has 0 aromatic heterocycles. The molecule has 2 nitrogen and oxygen atoms in total. The van der Waals surface area contributed by atoms with Gasteiger partial charge in [0, 0.05) is 6.04 Å². The summed E-state index contributed by atoms with van der Waals surface area (Å²) >= 11 is 0. The van der Waals surface area contributed by atoms with E-state index in [4.69, 9.17) is 4.74 Å². The number of methoxy groups -OCH3 is 1. The summed E-state index contributed by atoms with van der Waals surface area (Å²) in [5.41, 5.74) is 0.543. The van der Waals surface area contributed by atoms with Crippen LogP contribution in [0, 0.1) is 5.82 Å². The van der Waals surface area contributed by atoms with E-state index in [0.29, 0.717) is 17.5 Å². The second kappa shape index (κ2) is 3.24. The number of rotatable bonds is 3. The summed E-state index contributed by atoms with van der Waals surface area (Å²) in [6.07, 6.45) is 2.27. The van der Waals surface area contributed by atoms with E-state index < -0.39 is 0 Å². The van der Waals surface area contributed by atoms with Crippen LogP contribution in [0.4, 0.5) is 10.1 Å². The maximum atomic E-state index is 13.5. The van der Waals surface area contributed by atoms with E-state index >= 15 is 0 Å². The first kappa shape index (κ1) is 8.35. The maximum Gasteiger partial charge on any atom is 0.188 e. The highest BCUT2D eigenvalue weighted by Gasteiger charge is 2.22. The van der Waals surface area contributed by atoms with Gasteiger partial charge in [-0.15, -0.1) is 0 Å². The topological polar surface area (TPSA) is 21.3 Å². The van der Waals surface area contributed by atoms with Gasteiger partial charge in [0.25, 0.3) is 0 Å². The molecule has 2 rings (SSSR count). The highest BCUT2D eigenvalue weighted by atomic mass is 19.1. The summed E-state index contributed by atoms with van der Waals surface area (Å²) in [5, 5.41) is 3.10. The van der Waals surface area contributed by atoms with Crippen LogP contribution in [0.15, 0.2) is 18.2 Å². The van der Waals surface area contributed by atoms with Crippen molar-refractivity contribution in [3.8, 4) is 5.75 Å². The summed E-state index contributed by atoms with van der Waals surface area (Å²) in [4.78, 5) is 0. The van der Waals surface area contributed by atoms with Crippen molar-refractivity contribution in [3.05, 3.63) is 24.0 Å². The third-order valence-corrected chi connectivity index (χ3v) is 2.12. The molecule has 1 aliphatic carbocycles. The Morgan fingerprint density at radius 1 is 1.46 bits per heavy atom. The monoisotopic (exact) mass is 181 g/mol. The van der Waals surface area contributed by atoms with Crippen LogP contribution in [0.2, 0.25) is 0 Å². The molecule has 0 unspecified atom stereocenters. The number of nitrogens with one attached hydrogen (secondary N) is 1. The van der Waals surface area contributed by atoms with Gasteiger partial charge in [-0.1, -0.05) is 6.07 Å². The second-order valence-electron chi connectivity index (χ2n) is 3.24. The van der Waals surface area contributed by atoms with Crippen molar-refractivity contribution in [1.29, 1.82) is 0 Å². The molecule has 13 heavy (non-hydrogen) atoms. The van der Waals surface area contributed by atoms with Gasteiger partial charge < -0.3 is 10.1 Å². The van der Waals surface area contributed by atoms with Gasteiger partial charge >= 0.3 is 0 Å². The normalized spacial score (nSPS) is 15.5. The molecule has 1 aromatic rings. The van der Waals surface area contributed by atoms with Crippen LogP contribution in [-0.4, -0.2) is 13.2 Å². The average Bonchev–Trinajstić information content (AvgIpc) is 2.92. The summed E-state index contributed by atoms with van der Waals surface area (Å²) in [6.45, 7) is 0. The van der Waals surface area contributed by atoms with Crippen molar-refractivity contribution in [1.82, 2.24) is 0 Å². The van der Waals surface area contributed by atoms with E-state index in [-0.39, 0.29) is 5.82 Å². The molecule has 0 heterocycles. The lowest BCUT2D eigenvalue weighted by atomic mass is 10.3. The van der Waals surface area contributed by atoms with E-state index in [2.05, 4.69) is 5.32 Å². The molecule has 1 aliphatic rings. The molecule has 3 heteroatoms. The number of hydrogen-bond donors (Lipinski definition) is 1. The van der Waals surface area contributed by atoms with Crippen molar-refractivity contribution in [3.63, 3.8) is 0 Å². The van der Waals surface area contributed by atoms with Crippen molar-refractivity contribution in [2.24, 2.45) is 0 Å². The average molecular weight is 181 g/mol. The van der Waals surface area contributed by atoms with Crippen molar-refractivity contribution in [2.45, 2.75) is 18.9 Å². The van der Waals surface area contributed by atoms with Gasteiger partial charge in [-0.2, -0.15) is 0 Å². The number of anilines is 1. The number of benzene rings is 1. The lowest BCUT2D eigenvalue weighted by Crippen LogP contribution is -2.03. The predicted molar refractivity (Wildman–Crippen MR) is 49.6 cm³/mol. The molecule has 1 saturated carbocycles. The zero-order valence-electron chi connectivity index (χ0n) is 7.51. The molecular weight excluding hydrogens is 169 g/mol. The highest BCUT2D eigenvalue weighted by molar-refractivity contribution is 5.51. The Morgan fingerprint density at radius 2 is 2.23 bits per heavy atom. The standard InChI is InChI=1S/C10H12FNO/c1-13-9-4-2-3-8(10(9)11)12-7-5-6-7/h2-4,7,12H,5-6H2,1H3. The van der Waals surface area contributed by atoms with Gasteiger partial charge in [0.1, 0.15) is 0 Å². The fourth-order valence-corrected chi connectivity index (χ4v) is 1.23. The van der Waals surface area contributed by atoms with Crippen LogP contribution in [0.3, 0.4) is 0 Å². The Bertz CT molecular complexity index is 310. The lowest BCUT2D eigenvalue weighted by molar-refractivity contribution is 0.387. The minimum absolute atomic E-state index is 0.295. The molecule has 0 radical (unpaired) electrons. The fraction of sp³-hybridized carbons (Fsp3) is 0.400. The molecular formula is C10H12FNO. The Labute approximate surface area is 76.7 Å². The van der Waals surface area contributed by atoms with Gasteiger partial charge in [0.2, 0.25) is 0 Å². The Morgan fingerprint density at radius 3 is 2.85 bits per heavy atom. The summed E-state index contributed by atoms with van der Waals surface area (Å²) in [7, 11) is 1.47. The molecule has 1 N–H and O–H groups in total. The van der Waals surface area contributed by atoms with E-state index in [9.17, 15) is 4.39 Å². The van der Waals surface area contributed by atoms with Crippen molar-refractivity contribution < 1.29 is 9.13 Å². The van der Waals surface area contributed by atoms with Gasteiger partial charge in [0.05, 0.1) is 12.8 Å². The quantitative estimate of drug-likeness (QED) is 0.773. The Kier molecular flexibility index (Phi) is 2.08. The third-order valence-electron chi connectivity index (χ3n) is 2.12. The summed E-state index contributed by atoms with van der Waals surface area (Å²) in [6, 6.07) is 5.59. The van der Waals surface area contributed by atoms with Gasteiger partial charge in [0.15, 0.2) is 11.6 Å². The minimum atomic E-state index is -0.295. The van der Waals surface area contributed by atoms with Crippen LogP contribution < -0.4 is 10.1 Å². The van der Waals surface area contributed by atoms with Crippen molar-refractivity contribution in [2.75, 3.05) is 12.4 Å². The lowest BCUT2D eigenvalue weighted by Gasteiger charge is -2.08. The molecule has 0 aliphatic heterocycles. The van der Waals surface area contributed by atoms with E-state index in [0.717, 1.165) is 12.8 Å². The zero-order chi connectivity index (χ0) is 9.26. The molecule has 70 valence electrons. The van der Waals surface area contributed by atoms with E-state index in [1.165, 1.54) is 7.11 Å². The molecule has 0 bridgehead atoms.